The zero-order chi connectivity index (χ0) is 23.8. The Bertz CT molecular complexity index is 988. The molecule has 5 rings (SSSR count). The number of ketones is 1. The minimum absolute atomic E-state index is 0.0596. The van der Waals surface area contributed by atoms with Crippen LogP contribution < -0.4 is 0 Å². The summed E-state index contributed by atoms with van der Waals surface area (Å²) in [6, 6.07) is 2.13. The number of hydrogen-bond donors (Lipinski definition) is 1. The Balaban J connectivity index is 1.39. The third-order valence-corrected chi connectivity index (χ3v) is 11.2. The van der Waals surface area contributed by atoms with Gasteiger partial charge < -0.3 is 5.11 Å². The Hall–Kier alpha value is -1.67. The lowest BCUT2D eigenvalue weighted by Crippen LogP contribution is -2.56. The number of nitrogens with zero attached hydrogens (tertiary/aromatic N) is 3. The van der Waals surface area contributed by atoms with Gasteiger partial charge in [-0.15, -0.1) is 0 Å². The molecule has 4 aliphatic carbocycles. The van der Waals surface area contributed by atoms with Crippen molar-refractivity contribution < 1.29 is 9.90 Å². The molecule has 8 atom stereocenters. The maximum Gasteiger partial charge on any atom is 0.163 e. The molecule has 4 aliphatic rings. The van der Waals surface area contributed by atoms with Gasteiger partial charge in [0.2, 0.25) is 0 Å². The molecule has 4 fully saturated rings. The van der Waals surface area contributed by atoms with Crippen molar-refractivity contribution in [2.24, 2.45) is 40.4 Å². The van der Waals surface area contributed by atoms with Gasteiger partial charge in [0, 0.05) is 12.1 Å². The molecule has 0 bridgehead atoms. The Labute approximate surface area is 198 Å². The van der Waals surface area contributed by atoms with Crippen LogP contribution in [0.25, 0.3) is 0 Å². The molecular formula is C28H41N3O2. The Morgan fingerprint density at radius 1 is 1.09 bits per heavy atom. The summed E-state index contributed by atoms with van der Waals surface area (Å²) in [6.45, 7) is 10.9. The first-order valence-corrected chi connectivity index (χ1v) is 13.1. The van der Waals surface area contributed by atoms with Crippen LogP contribution in [0.4, 0.5) is 0 Å². The highest BCUT2D eigenvalue weighted by Crippen LogP contribution is 2.68. The van der Waals surface area contributed by atoms with Gasteiger partial charge >= 0.3 is 0 Å². The highest BCUT2D eigenvalue weighted by Gasteiger charge is 2.62. The number of aliphatic hydroxyl groups is 1. The number of carbonyl (C=O) groups is 1. The maximum absolute atomic E-state index is 14.0. The Morgan fingerprint density at radius 3 is 2.52 bits per heavy atom. The predicted octanol–water partition coefficient (Wildman–Crippen LogP) is 5.47. The largest absolute Gasteiger partial charge is 0.390 e. The van der Waals surface area contributed by atoms with E-state index >= 15 is 0 Å². The van der Waals surface area contributed by atoms with Crippen LogP contribution in [0.2, 0.25) is 0 Å². The molecule has 180 valence electrons. The van der Waals surface area contributed by atoms with Crippen LogP contribution >= 0.6 is 0 Å². The van der Waals surface area contributed by atoms with E-state index in [0.29, 0.717) is 28.7 Å². The van der Waals surface area contributed by atoms with Crippen molar-refractivity contribution >= 4 is 5.78 Å². The van der Waals surface area contributed by atoms with Gasteiger partial charge in [-0.1, -0.05) is 13.8 Å². The molecule has 5 nitrogen and oxygen atoms in total. The zero-order valence-corrected chi connectivity index (χ0v) is 21.1. The molecule has 33 heavy (non-hydrogen) atoms. The van der Waals surface area contributed by atoms with E-state index in [1.54, 1.807) is 17.1 Å². The maximum atomic E-state index is 14.0. The molecule has 1 N–H and O–H groups in total. The highest BCUT2D eigenvalue weighted by molar-refractivity contribution is 5.89. The Kier molecular flexibility index (Phi) is 5.19. The number of aromatic nitrogens is 2. The zero-order valence-electron chi connectivity index (χ0n) is 21.1. The number of hydrogen-bond acceptors (Lipinski definition) is 4. The van der Waals surface area contributed by atoms with Gasteiger partial charge in [-0.2, -0.15) is 10.4 Å². The van der Waals surface area contributed by atoms with Gasteiger partial charge in [-0.25, -0.2) is 0 Å². The number of nitriles is 1. The quantitative estimate of drug-likeness (QED) is 0.661. The van der Waals surface area contributed by atoms with Gasteiger partial charge in [-0.05, 0) is 113 Å². The number of fused-ring (bicyclic) bond motifs is 5. The second-order valence-corrected chi connectivity index (χ2v) is 13.2. The average Bonchev–Trinajstić information content (AvgIpc) is 3.38. The third-order valence-electron chi connectivity index (χ3n) is 11.2. The fourth-order valence-electron chi connectivity index (χ4n) is 9.09. The lowest BCUT2D eigenvalue weighted by molar-refractivity contribution is -0.153. The van der Waals surface area contributed by atoms with Crippen LogP contribution in [-0.2, 0) is 10.3 Å². The van der Waals surface area contributed by atoms with E-state index in [0.717, 1.165) is 44.4 Å². The first-order chi connectivity index (χ1) is 15.4. The second-order valence-electron chi connectivity index (χ2n) is 13.2. The number of rotatable bonds is 3. The van der Waals surface area contributed by atoms with Gasteiger partial charge in [0.25, 0.3) is 0 Å². The van der Waals surface area contributed by atoms with E-state index in [2.05, 4.69) is 25.0 Å². The highest BCUT2D eigenvalue weighted by atomic mass is 16.3. The lowest BCUT2D eigenvalue weighted by Gasteiger charge is -2.62. The SMILES string of the molecule is CC(C)(C(=O)[C@H]1CC[C@H]2[C@@H]3CC[C@@H]4C[C@](C)(O)CC[C@]4(C)[C@H]3CC[C@]12C)n1cc(C#N)cn1. The molecule has 1 heterocycles. The van der Waals surface area contributed by atoms with Crippen LogP contribution in [0.15, 0.2) is 12.4 Å². The van der Waals surface area contributed by atoms with Crippen molar-refractivity contribution in [2.45, 2.75) is 104 Å². The van der Waals surface area contributed by atoms with Gasteiger partial charge in [0.15, 0.2) is 5.78 Å². The first kappa shape index (κ1) is 23.1. The molecule has 0 aliphatic heterocycles. The van der Waals surface area contributed by atoms with Crippen molar-refractivity contribution in [3.8, 4) is 6.07 Å². The van der Waals surface area contributed by atoms with Gasteiger partial charge in [0.1, 0.15) is 11.6 Å². The van der Waals surface area contributed by atoms with Crippen molar-refractivity contribution in [1.82, 2.24) is 9.78 Å². The van der Waals surface area contributed by atoms with Crippen LogP contribution in [0, 0.1) is 51.8 Å². The summed E-state index contributed by atoms with van der Waals surface area (Å²) in [5, 5.41) is 24.3. The summed E-state index contributed by atoms with van der Waals surface area (Å²) in [5.41, 5.74) is -0.328. The van der Waals surface area contributed by atoms with Crippen molar-refractivity contribution in [1.29, 1.82) is 5.26 Å². The normalized spacial score (nSPS) is 44.9. The van der Waals surface area contributed by atoms with Crippen molar-refractivity contribution in [2.75, 3.05) is 0 Å². The minimum Gasteiger partial charge on any atom is -0.390 e. The van der Waals surface area contributed by atoms with Gasteiger partial charge in [-0.3, -0.25) is 9.48 Å². The average molecular weight is 452 g/mol. The molecule has 1 aromatic heterocycles. The standard InChI is InChI=1S/C28H41N3O2/c1-25(2,31-17-18(15-29)16-30-31)24(32)23-9-8-21-20-7-6-19-14-26(3,33)12-13-27(19,4)22(20)10-11-28(21,23)5/h16-17,19-23,33H,6-14H2,1-5H3/t19-,20+,21+,22+,23-,26-,27+,28+/m1/s1. The van der Waals surface area contributed by atoms with E-state index < -0.39 is 11.1 Å². The van der Waals surface area contributed by atoms with Crippen LogP contribution in [0.1, 0.15) is 98.0 Å². The molecule has 0 radical (unpaired) electrons. The van der Waals surface area contributed by atoms with Crippen molar-refractivity contribution in [3.63, 3.8) is 0 Å². The monoisotopic (exact) mass is 451 g/mol. The van der Waals surface area contributed by atoms with Crippen LogP contribution in [-0.4, -0.2) is 26.3 Å². The second kappa shape index (κ2) is 7.41. The van der Waals surface area contributed by atoms with Gasteiger partial charge in [0.05, 0.1) is 17.4 Å². The van der Waals surface area contributed by atoms with Crippen LogP contribution in [0.5, 0.6) is 0 Å². The van der Waals surface area contributed by atoms with E-state index in [1.807, 2.05) is 20.8 Å². The van der Waals surface area contributed by atoms with E-state index in [-0.39, 0.29) is 17.1 Å². The van der Waals surface area contributed by atoms with E-state index in [9.17, 15) is 15.2 Å². The molecule has 4 saturated carbocycles. The number of carbonyl (C=O) groups excluding carboxylic acids is 1. The summed E-state index contributed by atoms with van der Waals surface area (Å²) in [7, 11) is 0. The lowest BCUT2D eigenvalue weighted by atomic mass is 9.44. The molecule has 0 spiro atoms. The molecule has 0 saturated heterocycles. The number of Topliss-reactive ketones (excluding diaryl/α,β-unsaturated/α-hetero) is 1. The smallest absolute Gasteiger partial charge is 0.163 e. The fraction of sp³-hybridized carbons (Fsp3) is 0.821. The molecule has 1 aromatic rings. The molecule has 5 heteroatoms. The van der Waals surface area contributed by atoms with E-state index in [1.165, 1.54) is 19.3 Å². The van der Waals surface area contributed by atoms with Crippen LogP contribution in [0.3, 0.4) is 0 Å². The molecule has 0 aromatic carbocycles. The summed E-state index contributed by atoms with van der Waals surface area (Å²) in [6.07, 6.45) is 13.3. The molecule has 0 amide bonds. The van der Waals surface area contributed by atoms with Crippen molar-refractivity contribution in [3.05, 3.63) is 18.0 Å². The predicted molar refractivity (Wildman–Crippen MR) is 127 cm³/mol. The third kappa shape index (κ3) is 3.34. The molecular weight excluding hydrogens is 410 g/mol. The Morgan fingerprint density at radius 2 is 1.82 bits per heavy atom. The van der Waals surface area contributed by atoms with E-state index in [4.69, 9.17) is 0 Å². The molecule has 0 unspecified atom stereocenters. The topological polar surface area (TPSA) is 78.9 Å². The first-order valence-electron chi connectivity index (χ1n) is 13.1. The summed E-state index contributed by atoms with van der Waals surface area (Å²) >= 11 is 0. The summed E-state index contributed by atoms with van der Waals surface area (Å²) < 4.78 is 1.70. The summed E-state index contributed by atoms with van der Waals surface area (Å²) in [4.78, 5) is 14.0. The minimum atomic E-state index is -0.743. The summed E-state index contributed by atoms with van der Waals surface area (Å²) in [5.74, 6) is 3.05. The fourth-order valence-corrected chi connectivity index (χ4v) is 9.09.